The van der Waals surface area contributed by atoms with Crippen LogP contribution in [0.25, 0.3) is 0 Å². The molecule has 1 fully saturated rings. The summed E-state index contributed by atoms with van der Waals surface area (Å²) in [5, 5.41) is 0. The van der Waals surface area contributed by atoms with Crippen molar-refractivity contribution in [2.45, 2.75) is 90.8 Å². The lowest BCUT2D eigenvalue weighted by Gasteiger charge is -2.31. The third-order valence-electron chi connectivity index (χ3n) is 4.15. The van der Waals surface area contributed by atoms with Gasteiger partial charge in [0.05, 0.1) is 0 Å². The van der Waals surface area contributed by atoms with Crippen molar-refractivity contribution in [1.29, 1.82) is 0 Å². The molecule has 122 valence electrons. The molecule has 4 nitrogen and oxygen atoms in total. The lowest BCUT2D eigenvalue weighted by atomic mass is 9.94. The molecule has 0 N–H and O–H groups in total. The summed E-state index contributed by atoms with van der Waals surface area (Å²) < 4.78 is 11.1. The molecular formula is C17H30O4. The highest BCUT2D eigenvalue weighted by atomic mass is 16.6. The highest BCUT2D eigenvalue weighted by molar-refractivity contribution is 5.70. The fraction of sp³-hybridized carbons (Fsp3) is 0.882. The van der Waals surface area contributed by atoms with E-state index in [0.717, 1.165) is 44.9 Å². The molecule has 0 aromatic carbocycles. The number of carbonyl (C=O) groups is 2. The molecule has 21 heavy (non-hydrogen) atoms. The predicted molar refractivity (Wildman–Crippen MR) is 81.8 cm³/mol. The van der Waals surface area contributed by atoms with Crippen LogP contribution in [0, 0.1) is 5.92 Å². The van der Waals surface area contributed by atoms with Crippen LogP contribution in [0.4, 0.5) is 0 Å². The number of unbranched alkanes of at least 4 members (excludes halogenated alkanes) is 1. The summed E-state index contributed by atoms with van der Waals surface area (Å²) in [6.45, 7) is 6.16. The van der Waals surface area contributed by atoms with Crippen molar-refractivity contribution in [3.63, 3.8) is 0 Å². The minimum Gasteiger partial charge on any atom is -0.458 e. The number of rotatable bonds is 8. The fourth-order valence-electron chi connectivity index (χ4n) is 2.53. The van der Waals surface area contributed by atoms with Crippen LogP contribution in [0.3, 0.4) is 0 Å². The number of esters is 2. The third-order valence-corrected chi connectivity index (χ3v) is 4.15. The van der Waals surface area contributed by atoms with Crippen LogP contribution in [-0.2, 0) is 19.1 Å². The van der Waals surface area contributed by atoms with Gasteiger partial charge in [-0.15, -0.1) is 0 Å². The number of hydrogen-bond donors (Lipinski definition) is 0. The van der Waals surface area contributed by atoms with Crippen molar-refractivity contribution in [2.24, 2.45) is 5.92 Å². The zero-order chi connectivity index (χ0) is 15.7. The van der Waals surface area contributed by atoms with Crippen molar-refractivity contribution >= 4 is 11.9 Å². The van der Waals surface area contributed by atoms with Gasteiger partial charge in [-0.25, -0.2) is 0 Å². The van der Waals surface area contributed by atoms with Crippen molar-refractivity contribution in [1.82, 2.24) is 0 Å². The summed E-state index contributed by atoms with van der Waals surface area (Å²) in [6.07, 6.45) is 6.88. The molecule has 3 unspecified atom stereocenters. The van der Waals surface area contributed by atoms with Crippen LogP contribution in [-0.4, -0.2) is 24.1 Å². The first-order chi connectivity index (χ1) is 10.1. The maximum atomic E-state index is 11.9. The minimum atomic E-state index is -0.249. The summed E-state index contributed by atoms with van der Waals surface area (Å²) in [5.74, 6) is 0.0178. The van der Waals surface area contributed by atoms with Crippen LogP contribution >= 0.6 is 0 Å². The Morgan fingerprint density at radius 1 is 1.05 bits per heavy atom. The van der Waals surface area contributed by atoms with Crippen LogP contribution in [0.2, 0.25) is 0 Å². The molecular weight excluding hydrogens is 268 g/mol. The summed E-state index contributed by atoms with van der Waals surface area (Å²) in [4.78, 5) is 23.7. The van der Waals surface area contributed by atoms with Gasteiger partial charge < -0.3 is 9.47 Å². The molecule has 1 rings (SSSR count). The Hall–Kier alpha value is -1.06. The van der Waals surface area contributed by atoms with Gasteiger partial charge in [0, 0.05) is 12.8 Å². The van der Waals surface area contributed by atoms with Gasteiger partial charge in [0.25, 0.3) is 0 Å². The third kappa shape index (κ3) is 6.96. The monoisotopic (exact) mass is 298 g/mol. The molecule has 1 aliphatic rings. The number of ether oxygens (including phenoxy) is 2. The van der Waals surface area contributed by atoms with Gasteiger partial charge in [0.15, 0.2) is 0 Å². The van der Waals surface area contributed by atoms with Crippen molar-refractivity contribution in [2.75, 3.05) is 0 Å². The molecule has 0 aromatic rings. The normalized spacial score (nSPS) is 23.4. The Labute approximate surface area is 128 Å². The SMILES string of the molecule is CCCCC(=O)OC1CCCCC1OC(=O)CC(C)CC. The zero-order valence-electron chi connectivity index (χ0n) is 13.7. The summed E-state index contributed by atoms with van der Waals surface area (Å²) in [6, 6.07) is 0. The first-order valence-electron chi connectivity index (χ1n) is 8.45. The smallest absolute Gasteiger partial charge is 0.306 e. The van der Waals surface area contributed by atoms with E-state index in [9.17, 15) is 9.59 Å². The highest BCUT2D eigenvalue weighted by Gasteiger charge is 2.31. The van der Waals surface area contributed by atoms with E-state index in [1.807, 2.05) is 13.8 Å². The molecule has 3 atom stereocenters. The van der Waals surface area contributed by atoms with E-state index in [1.165, 1.54) is 0 Å². The Morgan fingerprint density at radius 2 is 1.62 bits per heavy atom. The van der Waals surface area contributed by atoms with E-state index in [-0.39, 0.29) is 24.1 Å². The maximum Gasteiger partial charge on any atom is 0.306 e. The standard InChI is InChI=1S/C17H30O4/c1-4-6-11-16(18)20-14-9-7-8-10-15(14)21-17(19)12-13(3)5-2/h13-15H,4-12H2,1-3H3. The molecule has 0 heterocycles. The van der Waals surface area contributed by atoms with Gasteiger partial charge in [-0.05, 0) is 38.0 Å². The lowest BCUT2D eigenvalue weighted by molar-refractivity contribution is -0.172. The van der Waals surface area contributed by atoms with E-state index >= 15 is 0 Å². The van der Waals surface area contributed by atoms with E-state index < -0.39 is 0 Å². The summed E-state index contributed by atoms with van der Waals surface area (Å²) in [7, 11) is 0. The second-order valence-corrected chi connectivity index (χ2v) is 6.16. The second-order valence-electron chi connectivity index (χ2n) is 6.16. The highest BCUT2D eigenvalue weighted by Crippen LogP contribution is 2.25. The van der Waals surface area contributed by atoms with Gasteiger partial charge in [0.1, 0.15) is 12.2 Å². The topological polar surface area (TPSA) is 52.6 Å². The largest absolute Gasteiger partial charge is 0.458 e. The maximum absolute atomic E-state index is 11.9. The van der Waals surface area contributed by atoms with Gasteiger partial charge >= 0.3 is 11.9 Å². The predicted octanol–water partition coefficient (Wildman–Crippen LogP) is 4.01. The molecule has 1 saturated carbocycles. The zero-order valence-corrected chi connectivity index (χ0v) is 13.7. The number of carbonyl (C=O) groups excluding carboxylic acids is 2. The van der Waals surface area contributed by atoms with E-state index in [0.29, 0.717) is 18.8 Å². The van der Waals surface area contributed by atoms with Crippen LogP contribution in [0.15, 0.2) is 0 Å². The van der Waals surface area contributed by atoms with Crippen molar-refractivity contribution in [3.8, 4) is 0 Å². The van der Waals surface area contributed by atoms with E-state index in [4.69, 9.17) is 9.47 Å². The Bertz CT molecular complexity index is 327. The molecule has 0 saturated heterocycles. The first kappa shape index (κ1) is 18.0. The molecule has 1 aliphatic carbocycles. The number of hydrogen-bond acceptors (Lipinski definition) is 4. The molecule has 0 radical (unpaired) electrons. The second kappa shape index (κ2) is 9.80. The Kier molecular flexibility index (Phi) is 8.40. The molecule has 0 aliphatic heterocycles. The lowest BCUT2D eigenvalue weighted by Crippen LogP contribution is -2.38. The summed E-state index contributed by atoms with van der Waals surface area (Å²) >= 11 is 0. The minimum absolute atomic E-state index is 0.160. The molecule has 0 spiro atoms. The van der Waals surface area contributed by atoms with Gasteiger partial charge in [-0.2, -0.15) is 0 Å². The molecule has 0 amide bonds. The van der Waals surface area contributed by atoms with Gasteiger partial charge in [-0.3, -0.25) is 9.59 Å². The van der Waals surface area contributed by atoms with Crippen LogP contribution in [0.1, 0.15) is 78.6 Å². The Balaban J connectivity index is 2.45. The summed E-state index contributed by atoms with van der Waals surface area (Å²) in [5.41, 5.74) is 0. The average molecular weight is 298 g/mol. The first-order valence-corrected chi connectivity index (χ1v) is 8.45. The quantitative estimate of drug-likeness (QED) is 0.635. The van der Waals surface area contributed by atoms with Crippen LogP contribution in [0.5, 0.6) is 0 Å². The van der Waals surface area contributed by atoms with Crippen molar-refractivity contribution in [3.05, 3.63) is 0 Å². The fourth-order valence-corrected chi connectivity index (χ4v) is 2.53. The molecule has 0 aromatic heterocycles. The Morgan fingerprint density at radius 3 is 2.14 bits per heavy atom. The van der Waals surface area contributed by atoms with Crippen LogP contribution < -0.4 is 0 Å². The van der Waals surface area contributed by atoms with Crippen molar-refractivity contribution < 1.29 is 19.1 Å². The molecule has 0 bridgehead atoms. The van der Waals surface area contributed by atoms with Gasteiger partial charge in [0.2, 0.25) is 0 Å². The van der Waals surface area contributed by atoms with E-state index in [2.05, 4.69) is 6.92 Å². The average Bonchev–Trinajstić information content (AvgIpc) is 2.46. The van der Waals surface area contributed by atoms with E-state index in [1.54, 1.807) is 0 Å². The molecule has 4 heteroatoms. The van der Waals surface area contributed by atoms with Gasteiger partial charge in [-0.1, -0.05) is 33.6 Å².